The molecular formula is C70H82N12O4. The number of anilines is 2. The molecule has 6 aromatic carbocycles. The Kier molecular flexibility index (Phi) is 18.9. The molecule has 8 aromatic rings. The number of Topliss-reactive ketones (excluding diaryl/α,β-unsaturated/α-hetero) is 1. The van der Waals surface area contributed by atoms with E-state index in [1.165, 1.54) is 28.1 Å². The minimum Gasteiger partial charge on any atom is -0.494 e. The van der Waals surface area contributed by atoms with E-state index in [4.69, 9.17) is 29.4 Å². The second-order valence-electron chi connectivity index (χ2n) is 23.8. The molecule has 0 bridgehead atoms. The topological polar surface area (TPSA) is 172 Å². The second-order valence-corrected chi connectivity index (χ2v) is 23.8. The first-order chi connectivity index (χ1) is 42.2. The predicted molar refractivity (Wildman–Crippen MR) is 348 cm³/mol. The van der Waals surface area contributed by atoms with E-state index in [2.05, 4.69) is 133 Å². The number of imidazole rings is 2. The summed E-state index contributed by atoms with van der Waals surface area (Å²) >= 11 is 0. The molecule has 0 saturated carbocycles. The summed E-state index contributed by atoms with van der Waals surface area (Å²) in [6.07, 6.45) is 10.8. The van der Waals surface area contributed by atoms with Crippen LogP contribution in [-0.2, 0) is 22.4 Å². The zero-order chi connectivity index (χ0) is 58.6. The summed E-state index contributed by atoms with van der Waals surface area (Å²) < 4.78 is 12.2. The Morgan fingerprint density at radius 2 is 1.05 bits per heavy atom. The highest BCUT2D eigenvalue weighted by Gasteiger charge is 2.24. The minimum absolute atomic E-state index is 0.0461. The average Bonchev–Trinajstić information content (AvgIpc) is 2.63. The number of benzene rings is 6. The van der Waals surface area contributed by atoms with E-state index in [1.807, 2.05) is 42.5 Å². The van der Waals surface area contributed by atoms with Crippen molar-refractivity contribution in [2.45, 2.75) is 83.5 Å². The fourth-order valence-electron chi connectivity index (χ4n) is 12.1. The number of carbonyl (C=O) groups is 2. The molecule has 12 rings (SSSR count). The van der Waals surface area contributed by atoms with E-state index < -0.39 is 0 Å². The number of carbonyl (C=O) groups excluding carboxylic acids is 2. The van der Waals surface area contributed by atoms with Crippen molar-refractivity contribution in [2.24, 2.45) is 9.98 Å². The number of hydrogen-bond donors (Lipinski definition) is 4. The Morgan fingerprint density at radius 3 is 1.79 bits per heavy atom. The van der Waals surface area contributed by atoms with Gasteiger partial charge >= 0.3 is 0 Å². The van der Waals surface area contributed by atoms with Gasteiger partial charge in [-0.2, -0.15) is 0 Å². The number of aromatic nitrogens is 4. The molecule has 2 saturated heterocycles. The predicted octanol–water partition coefficient (Wildman–Crippen LogP) is 11.7. The summed E-state index contributed by atoms with van der Waals surface area (Å²) in [5.41, 5.74) is 17.2. The minimum atomic E-state index is 0.0461. The van der Waals surface area contributed by atoms with Gasteiger partial charge in [0.2, 0.25) is 5.91 Å². The molecule has 16 nitrogen and oxygen atoms in total. The average molecular weight is 1160 g/mol. The lowest BCUT2D eigenvalue weighted by molar-refractivity contribution is -0.121. The maximum Gasteiger partial charge on any atom is 0.220 e. The van der Waals surface area contributed by atoms with Gasteiger partial charge in [0, 0.05) is 114 Å². The van der Waals surface area contributed by atoms with Crippen LogP contribution in [0.3, 0.4) is 0 Å². The molecule has 6 heterocycles. The number of unbranched alkanes of at least 4 members (excludes halogenated alkanes) is 4. The monoisotopic (exact) mass is 1150 g/mol. The first kappa shape index (κ1) is 58.2. The SMILES string of the molecule is CN1CCN(c2ccc3c(c2)N=C(c2ccc4c(c2)CC(c2cccc(OCCCC(=O)CCCCCCCNCCCNC(=O)CCCOc5cccc(-c6nc7ccc(-c8nc9ccc(N%10CCN(C)CC%10)cc9[nH]8)cc7[nH]6)c5)c2)=N4)C3)CC1. The zero-order valence-corrected chi connectivity index (χ0v) is 50.1. The lowest BCUT2D eigenvalue weighted by Crippen LogP contribution is -2.44. The van der Waals surface area contributed by atoms with Gasteiger partial charge in [0.1, 0.15) is 28.9 Å². The number of hydrogen-bond acceptors (Lipinski definition) is 13. The lowest BCUT2D eigenvalue weighted by atomic mass is 9.99. The van der Waals surface area contributed by atoms with Gasteiger partial charge in [-0.05, 0) is 166 Å². The number of rotatable bonds is 28. The van der Waals surface area contributed by atoms with Crippen molar-refractivity contribution in [1.82, 2.24) is 40.4 Å². The molecule has 4 N–H and O–H groups in total. The van der Waals surface area contributed by atoms with Crippen LogP contribution in [0.1, 0.15) is 92.9 Å². The van der Waals surface area contributed by atoms with Gasteiger partial charge in [0.25, 0.3) is 0 Å². The molecule has 0 unspecified atom stereocenters. The maximum absolute atomic E-state index is 12.7. The fourth-order valence-corrected chi connectivity index (χ4v) is 12.1. The molecule has 86 heavy (non-hydrogen) atoms. The Balaban J connectivity index is 0.469. The normalized spacial score (nSPS) is 15.3. The van der Waals surface area contributed by atoms with Crippen LogP contribution in [0.5, 0.6) is 11.5 Å². The van der Waals surface area contributed by atoms with Gasteiger partial charge in [-0.15, -0.1) is 0 Å². The van der Waals surface area contributed by atoms with Crippen LogP contribution in [0.4, 0.5) is 22.7 Å². The zero-order valence-electron chi connectivity index (χ0n) is 50.1. The Bertz CT molecular complexity index is 3720. The molecule has 1 amide bonds. The number of piperazine rings is 2. The van der Waals surface area contributed by atoms with Crippen LogP contribution in [0.15, 0.2) is 131 Å². The van der Waals surface area contributed by atoms with Crippen molar-refractivity contribution >= 4 is 67.9 Å². The fraction of sp³-hybridized carbons (Fsp3) is 0.400. The van der Waals surface area contributed by atoms with E-state index in [9.17, 15) is 9.59 Å². The number of aromatic amines is 2. The van der Waals surface area contributed by atoms with Gasteiger partial charge in [-0.1, -0.05) is 55.7 Å². The Morgan fingerprint density at radius 1 is 0.488 bits per heavy atom. The quantitative estimate of drug-likeness (QED) is 0.0344. The lowest BCUT2D eigenvalue weighted by Gasteiger charge is -2.34. The van der Waals surface area contributed by atoms with Crippen LogP contribution < -0.4 is 29.9 Å². The van der Waals surface area contributed by atoms with Crippen molar-refractivity contribution < 1.29 is 19.1 Å². The summed E-state index contributed by atoms with van der Waals surface area (Å²) in [5.74, 6) is 3.51. The maximum atomic E-state index is 12.7. The van der Waals surface area contributed by atoms with E-state index >= 15 is 0 Å². The molecule has 0 atom stereocenters. The van der Waals surface area contributed by atoms with Crippen LogP contribution >= 0.6 is 0 Å². The van der Waals surface area contributed by atoms with Crippen LogP contribution in [0, 0.1) is 0 Å². The number of nitrogens with zero attached hydrogens (tertiary/aromatic N) is 8. The number of H-pyrrole nitrogens is 2. The van der Waals surface area contributed by atoms with Crippen molar-refractivity contribution in [3.63, 3.8) is 0 Å². The highest BCUT2D eigenvalue weighted by atomic mass is 16.5. The summed E-state index contributed by atoms with van der Waals surface area (Å²) in [6.45, 7) is 11.9. The van der Waals surface area contributed by atoms with Crippen LogP contribution in [-0.4, -0.2) is 152 Å². The molecule has 16 heteroatoms. The number of ether oxygens (including phenoxy) is 2. The number of fused-ring (bicyclic) bond motifs is 4. The molecule has 2 aromatic heterocycles. The van der Waals surface area contributed by atoms with Gasteiger partial charge in [-0.3, -0.25) is 19.6 Å². The van der Waals surface area contributed by atoms with E-state index in [-0.39, 0.29) is 5.91 Å². The number of aliphatic imine (C=N–C) groups is 2. The molecule has 446 valence electrons. The highest BCUT2D eigenvalue weighted by Crippen LogP contribution is 2.37. The summed E-state index contributed by atoms with van der Waals surface area (Å²) in [6, 6.07) is 42.2. The molecule has 4 aliphatic heterocycles. The summed E-state index contributed by atoms with van der Waals surface area (Å²) in [7, 11) is 4.37. The molecular weight excluding hydrogens is 1070 g/mol. The van der Waals surface area contributed by atoms with Crippen molar-refractivity contribution in [2.75, 3.05) is 109 Å². The van der Waals surface area contributed by atoms with Crippen molar-refractivity contribution in [3.05, 3.63) is 144 Å². The summed E-state index contributed by atoms with van der Waals surface area (Å²) in [4.78, 5) is 61.9. The number of ketones is 1. The standard InChI is InChI=1S/C70H82N12O4/c1-79-31-35-81(36-32-79)55-23-20-51-44-63(74-65(51)47-55)50-21-25-60-54(41-50)46-64(73-60)49-13-8-17-58(42-49)85-39-10-16-57(83)15-6-4-3-5-7-28-71-29-12-30-72-68(84)19-11-40-86-59-18-9-14-52(43-59)69-75-61-26-22-53(45-66(61)77-69)70-76-62-27-24-56(48-67(62)78-70)82-37-33-80(2)34-38-82/h8-9,13-14,17-18,20-27,41-43,45,47-48,71H,3-7,10-12,15-16,19,28-40,44,46H2,1-2H3,(H,72,84)(H,75,77)(H,76,78). The van der Waals surface area contributed by atoms with Gasteiger partial charge in [-0.25, -0.2) is 9.97 Å². The smallest absolute Gasteiger partial charge is 0.220 e. The third-order valence-corrected chi connectivity index (χ3v) is 17.3. The number of amides is 1. The molecule has 0 radical (unpaired) electrons. The third-order valence-electron chi connectivity index (χ3n) is 17.3. The van der Waals surface area contributed by atoms with Gasteiger partial charge in [0.05, 0.1) is 58.1 Å². The van der Waals surface area contributed by atoms with Gasteiger partial charge < -0.3 is 49.7 Å². The summed E-state index contributed by atoms with van der Waals surface area (Å²) in [5, 5.41) is 6.56. The van der Waals surface area contributed by atoms with E-state index in [1.54, 1.807) is 0 Å². The molecule has 0 aliphatic carbocycles. The Hall–Kier alpha value is -8.18. The van der Waals surface area contributed by atoms with Gasteiger partial charge in [0.15, 0.2) is 0 Å². The van der Waals surface area contributed by atoms with Crippen LogP contribution in [0.2, 0.25) is 0 Å². The highest BCUT2D eigenvalue weighted by molar-refractivity contribution is 6.10. The largest absolute Gasteiger partial charge is 0.494 e. The first-order valence-corrected chi connectivity index (χ1v) is 31.4. The van der Waals surface area contributed by atoms with E-state index in [0.717, 1.165) is 202 Å². The number of likely N-dealkylation sites (N-methyl/N-ethyl adjacent to an activating group) is 2. The number of nitrogens with one attached hydrogen (secondary N) is 4. The van der Waals surface area contributed by atoms with Crippen LogP contribution in [0.25, 0.3) is 44.8 Å². The molecule has 0 spiro atoms. The second kappa shape index (κ2) is 27.9. The Labute approximate surface area is 505 Å². The van der Waals surface area contributed by atoms with Crippen molar-refractivity contribution in [1.29, 1.82) is 0 Å². The molecule has 2 fully saturated rings. The van der Waals surface area contributed by atoms with E-state index in [0.29, 0.717) is 57.6 Å². The molecule has 4 aliphatic rings. The van der Waals surface area contributed by atoms with Crippen molar-refractivity contribution in [3.8, 4) is 34.3 Å². The first-order valence-electron chi connectivity index (χ1n) is 31.4. The third kappa shape index (κ3) is 14.9.